The summed E-state index contributed by atoms with van der Waals surface area (Å²) >= 11 is 0. The van der Waals surface area contributed by atoms with Crippen LogP contribution in [0.15, 0.2) is 28.9 Å². The summed E-state index contributed by atoms with van der Waals surface area (Å²) in [6.45, 7) is 0.756. The van der Waals surface area contributed by atoms with Crippen LogP contribution in [0.1, 0.15) is 59.5 Å². The molecule has 1 N–H and O–H groups in total. The zero-order chi connectivity index (χ0) is 15.8. The van der Waals surface area contributed by atoms with E-state index in [9.17, 15) is 4.79 Å². The monoisotopic (exact) mass is 312 g/mol. The number of nitrogens with one attached hydrogen (secondary N) is 1. The molecule has 1 atom stereocenters. The molecule has 0 bridgehead atoms. The maximum Gasteiger partial charge on any atom is 0.276 e. The fourth-order valence-corrected chi connectivity index (χ4v) is 3.24. The van der Waals surface area contributed by atoms with Crippen LogP contribution in [0.3, 0.4) is 0 Å². The minimum Gasteiger partial charge on any atom is -0.373 e. The van der Waals surface area contributed by atoms with Gasteiger partial charge in [0.1, 0.15) is 11.6 Å². The van der Waals surface area contributed by atoms with E-state index in [-0.39, 0.29) is 11.9 Å². The molecule has 1 aliphatic carbocycles. The van der Waals surface area contributed by atoms with Gasteiger partial charge in [-0.15, -0.1) is 0 Å². The summed E-state index contributed by atoms with van der Waals surface area (Å²) in [4.78, 5) is 19.0. The highest BCUT2D eigenvalue weighted by Gasteiger charge is 2.34. The van der Waals surface area contributed by atoms with E-state index in [1.54, 1.807) is 6.20 Å². The number of anilines is 1. The zero-order valence-corrected chi connectivity index (χ0v) is 13.2. The summed E-state index contributed by atoms with van der Waals surface area (Å²) in [5, 5.41) is 7.04. The highest BCUT2D eigenvalue weighted by Crippen LogP contribution is 2.40. The predicted octanol–water partition coefficient (Wildman–Crippen LogP) is 2.97. The molecule has 1 saturated heterocycles. The molecule has 1 unspecified atom stereocenters. The average molecular weight is 312 g/mol. The molecule has 0 aromatic carbocycles. The van der Waals surface area contributed by atoms with Crippen LogP contribution in [0.4, 0.5) is 5.82 Å². The summed E-state index contributed by atoms with van der Waals surface area (Å²) < 4.78 is 5.33. The summed E-state index contributed by atoms with van der Waals surface area (Å²) in [6.07, 6.45) is 6.02. The van der Waals surface area contributed by atoms with Gasteiger partial charge in [-0.05, 0) is 43.4 Å². The second-order valence-corrected chi connectivity index (χ2v) is 6.27. The van der Waals surface area contributed by atoms with E-state index in [0.29, 0.717) is 11.6 Å². The van der Waals surface area contributed by atoms with Gasteiger partial charge in [-0.2, -0.15) is 0 Å². The van der Waals surface area contributed by atoms with Gasteiger partial charge in [0, 0.05) is 31.8 Å². The van der Waals surface area contributed by atoms with Crippen LogP contribution in [0.2, 0.25) is 0 Å². The Morgan fingerprint density at radius 2 is 2.22 bits per heavy atom. The van der Waals surface area contributed by atoms with Gasteiger partial charge in [0.15, 0.2) is 5.69 Å². The fourth-order valence-electron chi connectivity index (χ4n) is 3.24. The molecule has 1 aliphatic heterocycles. The lowest BCUT2D eigenvalue weighted by Crippen LogP contribution is -2.30. The third-order valence-corrected chi connectivity index (χ3v) is 4.67. The lowest BCUT2D eigenvalue weighted by Gasteiger charge is -2.24. The van der Waals surface area contributed by atoms with Gasteiger partial charge in [0.25, 0.3) is 5.91 Å². The second kappa shape index (κ2) is 5.68. The summed E-state index contributed by atoms with van der Waals surface area (Å²) in [7, 11) is 1.85. The minimum atomic E-state index is -0.0361. The maximum atomic E-state index is 12.8. The molecule has 1 saturated carbocycles. The Labute approximate surface area is 134 Å². The van der Waals surface area contributed by atoms with Crippen molar-refractivity contribution in [3.63, 3.8) is 0 Å². The van der Waals surface area contributed by atoms with Gasteiger partial charge < -0.3 is 14.7 Å². The highest BCUT2D eigenvalue weighted by atomic mass is 16.5. The number of hydrogen-bond acceptors (Lipinski definition) is 5. The normalized spacial score (nSPS) is 20.7. The largest absolute Gasteiger partial charge is 0.373 e. The zero-order valence-electron chi connectivity index (χ0n) is 13.2. The van der Waals surface area contributed by atoms with Gasteiger partial charge in [0.05, 0.1) is 6.04 Å². The molecular weight excluding hydrogens is 292 g/mol. The Kier molecular flexibility index (Phi) is 3.52. The molecule has 4 rings (SSSR count). The molecule has 0 spiro atoms. The van der Waals surface area contributed by atoms with E-state index < -0.39 is 0 Å². The quantitative estimate of drug-likeness (QED) is 0.939. The van der Waals surface area contributed by atoms with Crippen molar-refractivity contribution in [1.29, 1.82) is 0 Å². The number of pyridine rings is 1. The van der Waals surface area contributed by atoms with E-state index in [0.717, 1.165) is 49.4 Å². The molecule has 6 heteroatoms. The van der Waals surface area contributed by atoms with E-state index in [1.165, 1.54) is 0 Å². The highest BCUT2D eigenvalue weighted by molar-refractivity contribution is 5.92. The van der Waals surface area contributed by atoms with Crippen molar-refractivity contribution in [3.8, 4) is 0 Å². The molecule has 3 heterocycles. The molecule has 2 aromatic heterocycles. The molecule has 23 heavy (non-hydrogen) atoms. The summed E-state index contributed by atoms with van der Waals surface area (Å²) in [6, 6.07) is 5.89. The first-order chi connectivity index (χ1) is 11.3. The predicted molar refractivity (Wildman–Crippen MR) is 85.3 cm³/mol. The van der Waals surface area contributed by atoms with Crippen molar-refractivity contribution < 1.29 is 9.32 Å². The molecule has 6 nitrogen and oxygen atoms in total. The first-order valence-corrected chi connectivity index (χ1v) is 8.17. The van der Waals surface area contributed by atoms with Crippen molar-refractivity contribution in [1.82, 2.24) is 15.0 Å². The van der Waals surface area contributed by atoms with Crippen LogP contribution < -0.4 is 5.32 Å². The van der Waals surface area contributed by atoms with Gasteiger partial charge in [0.2, 0.25) is 0 Å². The number of carbonyl (C=O) groups excluding carboxylic acids is 1. The Morgan fingerprint density at radius 1 is 1.35 bits per heavy atom. The number of rotatable bonds is 4. The van der Waals surface area contributed by atoms with Crippen LogP contribution >= 0.6 is 0 Å². The topological polar surface area (TPSA) is 71.3 Å². The number of amides is 1. The average Bonchev–Trinajstić information content (AvgIpc) is 3.14. The van der Waals surface area contributed by atoms with Crippen LogP contribution in [0.25, 0.3) is 0 Å². The van der Waals surface area contributed by atoms with E-state index >= 15 is 0 Å². The molecule has 2 fully saturated rings. The first-order valence-electron chi connectivity index (χ1n) is 8.17. The summed E-state index contributed by atoms with van der Waals surface area (Å²) in [5.41, 5.74) is 1.54. The third kappa shape index (κ3) is 2.69. The smallest absolute Gasteiger partial charge is 0.276 e. The fraction of sp³-hybridized carbons (Fsp3) is 0.471. The minimum absolute atomic E-state index is 0.0361. The number of hydrogen-bond donors (Lipinski definition) is 1. The molecule has 120 valence electrons. The van der Waals surface area contributed by atoms with Crippen molar-refractivity contribution >= 4 is 11.7 Å². The van der Waals surface area contributed by atoms with Crippen LogP contribution in [0, 0.1) is 0 Å². The Balaban J connectivity index is 1.57. The van der Waals surface area contributed by atoms with E-state index in [2.05, 4.69) is 15.5 Å². The number of carbonyl (C=O) groups is 1. The van der Waals surface area contributed by atoms with Crippen LogP contribution in [-0.4, -0.2) is 34.5 Å². The Hall–Kier alpha value is -2.37. The lowest BCUT2D eigenvalue weighted by atomic mass is 10.1. The lowest BCUT2D eigenvalue weighted by molar-refractivity contribution is 0.0725. The Bertz CT molecular complexity index is 723. The number of nitrogens with zero attached hydrogens (tertiary/aromatic N) is 3. The molecule has 2 aliphatic rings. The second-order valence-electron chi connectivity index (χ2n) is 6.27. The van der Waals surface area contributed by atoms with Crippen LogP contribution in [-0.2, 0) is 0 Å². The molecule has 2 aromatic rings. The molecular formula is C17H20N4O2. The number of aromatic nitrogens is 2. The third-order valence-electron chi connectivity index (χ3n) is 4.67. The first kappa shape index (κ1) is 14.2. The van der Waals surface area contributed by atoms with Crippen molar-refractivity contribution in [2.24, 2.45) is 0 Å². The molecule has 0 radical (unpaired) electrons. The van der Waals surface area contributed by atoms with Gasteiger partial charge in [-0.1, -0.05) is 5.16 Å². The van der Waals surface area contributed by atoms with Crippen molar-refractivity contribution in [2.45, 2.75) is 37.6 Å². The van der Waals surface area contributed by atoms with Gasteiger partial charge in [-0.3, -0.25) is 4.79 Å². The van der Waals surface area contributed by atoms with E-state index in [1.807, 2.05) is 30.1 Å². The summed E-state index contributed by atoms with van der Waals surface area (Å²) in [5.74, 6) is 2.10. The molecule has 1 amide bonds. The SMILES string of the molecule is CNc1cc(C2CCCN2C(=O)c2cc(C3CC3)on2)ccn1. The van der Waals surface area contributed by atoms with Crippen molar-refractivity contribution in [3.05, 3.63) is 41.4 Å². The van der Waals surface area contributed by atoms with Gasteiger partial charge >= 0.3 is 0 Å². The van der Waals surface area contributed by atoms with E-state index in [4.69, 9.17) is 4.52 Å². The standard InChI is InChI=1S/C17H20N4O2/c1-18-16-9-12(6-7-19-16)14-3-2-8-21(14)17(22)13-10-15(23-20-13)11-4-5-11/h6-7,9-11,14H,2-5,8H2,1H3,(H,18,19). The van der Waals surface area contributed by atoms with Crippen LogP contribution in [0.5, 0.6) is 0 Å². The Morgan fingerprint density at radius 3 is 3.00 bits per heavy atom. The van der Waals surface area contributed by atoms with Crippen molar-refractivity contribution in [2.75, 3.05) is 18.9 Å². The maximum absolute atomic E-state index is 12.8. The van der Waals surface area contributed by atoms with Gasteiger partial charge in [-0.25, -0.2) is 4.98 Å². The number of likely N-dealkylation sites (tertiary alicyclic amines) is 1.